The molecule has 0 amide bonds. The topological polar surface area (TPSA) is 34.6 Å². The van der Waals surface area contributed by atoms with Gasteiger partial charge in [-0.05, 0) is 43.5 Å². The third-order valence-electron chi connectivity index (χ3n) is 6.24. The number of nitrogens with zero attached hydrogens (tertiary/aromatic N) is 2. The number of aryl methyl sites for hydroxylation is 1. The summed E-state index contributed by atoms with van der Waals surface area (Å²) in [6.07, 6.45) is 2.27. The number of likely N-dealkylation sites (tertiary alicyclic amines) is 1. The third-order valence-corrected chi connectivity index (χ3v) is 6.24. The molecule has 5 rings (SSSR count). The second-order valence-corrected chi connectivity index (χ2v) is 8.75. The molecule has 0 radical (unpaired) electrons. The Morgan fingerprint density at radius 2 is 1.58 bits per heavy atom. The maximum absolute atomic E-state index is 6.47. The Balaban J connectivity index is 1.19. The lowest BCUT2D eigenvalue weighted by atomic mass is 10.1. The zero-order valence-corrected chi connectivity index (χ0v) is 19.1. The summed E-state index contributed by atoms with van der Waals surface area (Å²) in [5.41, 5.74) is 4.41. The second-order valence-electron chi connectivity index (χ2n) is 8.75. The number of rotatable bonds is 7. The molecule has 1 saturated heterocycles. The fourth-order valence-electron chi connectivity index (χ4n) is 4.48. The van der Waals surface area contributed by atoms with Crippen molar-refractivity contribution in [1.29, 1.82) is 0 Å². The van der Waals surface area contributed by atoms with E-state index in [1.807, 2.05) is 43.3 Å². The first kappa shape index (κ1) is 21.5. The van der Waals surface area contributed by atoms with E-state index in [9.17, 15) is 0 Å². The molecule has 1 fully saturated rings. The fourth-order valence-corrected chi connectivity index (χ4v) is 4.48. The van der Waals surface area contributed by atoms with Gasteiger partial charge in [0.2, 0.25) is 0 Å². The van der Waals surface area contributed by atoms with E-state index in [0.29, 0.717) is 6.61 Å². The molecule has 0 aliphatic carbocycles. The Labute approximate surface area is 195 Å². The van der Waals surface area contributed by atoms with Gasteiger partial charge in [-0.3, -0.25) is 9.88 Å². The average Bonchev–Trinajstić information content (AvgIpc) is 2.85. The van der Waals surface area contributed by atoms with Gasteiger partial charge in [0.15, 0.2) is 0 Å². The van der Waals surface area contributed by atoms with Crippen LogP contribution in [-0.2, 0) is 13.2 Å². The number of benzene rings is 3. The van der Waals surface area contributed by atoms with Gasteiger partial charge in [-0.1, -0.05) is 60.7 Å². The first-order chi connectivity index (χ1) is 16.2. The zero-order valence-electron chi connectivity index (χ0n) is 19.1. The molecular weight excluding hydrogens is 408 g/mol. The van der Waals surface area contributed by atoms with Crippen LogP contribution in [0.2, 0.25) is 0 Å². The maximum atomic E-state index is 6.47. The zero-order chi connectivity index (χ0) is 22.5. The Hall–Kier alpha value is -3.37. The Bertz CT molecular complexity index is 1200. The number of ether oxygens (including phenoxy) is 2. The van der Waals surface area contributed by atoms with Crippen molar-refractivity contribution in [2.45, 2.75) is 39.0 Å². The number of pyridine rings is 1. The molecule has 0 bridgehead atoms. The highest BCUT2D eigenvalue weighted by atomic mass is 16.5. The summed E-state index contributed by atoms with van der Waals surface area (Å²) in [5.74, 6) is 1.93. The summed E-state index contributed by atoms with van der Waals surface area (Å²) in [6, 6.07) is 29.0. The Morgan fingerprint density at radius 3 is 2.42 bits per heavy atom. The first-order valence-electron chi connectivity index (χ1n) is 11.7. The summed E-state index contributed by atoms with van der Waals surface area (Å²) in [4.78, 5) is 7.13. The van der Waals surface area contributed by atoms with Gasteiger partial charge in [0, 0.05) is 42.3 Å². The summed E-state index contributed by atoms with van der Waals surface area (Å²) in [6.45, 7) is 5.54. The molecule has 4 nitrogen and oxygen atoms in total. The van der Waals surface area contributed by atoms with Gasteiger partial charge in [-0.15, -0.1) is 0 Å². The number of hydrogen-bond acceptors (Lipinski definition) is 4. The van der Waals surface area contributed by atoms with Gasteiger partial charge in [-0.25, -0.2) is 0 Å². The predicted molar refractivity (Wildman–Crippen MR) is 133 cm³/mol. The average molecular weight is 439 g/mol. The molecule has 1 aliphatic rings. The molecule has 0 N–H and O–H groups in total. The lowest BCUT2D eigenvalue weighted by Gasteiger charge is -2.32. The fraction of sp³-hybridized carbons (Fsp3) is 0.276. The highest BCUT2D eigenvalue weighted by Crippen LogP contribution is 2.29. The van der Waals surface area contributed by atoms with Crippen LogP contribution in [0.25, 0.3) is 10.9 Å². The monoisotopic (exact) mass is 438 g/mol. The molecule has 1 aromatic heterocycles. The molecule has 0 spiro atoms. The maximum Gasteiger partial charge on any atom is 0.130 e. The first-order valence-corrected chi connectivity index (χ1v) is 11.7. The van der Waals surface area contributed by atoms with Crippen LogP contribution < -0.4 is 9.47 Å². The van der Waals surface area contributed by atoms with Crippen LogP contribution in [-0.4, -0.2) is 29.1 Å². The van der Waals surface area contributed by atoms with Crippen molar-refractivity contribution in [3.8, 4) is 11.5 Å². The van der Waals surface area contributed by atoms with Crippen molar-refractivity contribution >= 4 is 10.9 Å². The van der Waals surface area contributed by atoms with Crippen molar-refractivity contribution in [2.75, 3.05) is 13.1 Å². The van der Waals surface area contributed by atoms with E-state index >= 15 is 0 Å². The van der Waals surface area contributed by atoms with Crippen molar-refractivity contribution in [3.63, 3.8) is 0 Å². The summed E-state index contributed by atoms with van der Waals surface area (Å²) in [7, 11) is 0. The van der Waals surface area contributed by atoms with Crippen LogP contribution in [0.15, 0.2) is 84.9 Å². The lowest BCUT2D eigenvalue weighted by Crippen LogP contribution is -2.37. The van der Waals surface area contributed by atoms with Crippen molar-refractivity contribution in [3.05, 3.63) is 102 Å². The molecule has 3 aromatic carbocycles. The van der Waals surface area contributed by atoms with E-state index in [1.165, 1.54) is 11.1 Å². The van der Waals surface area contributed by atoms with E-state index in [2.05, 4.69) is 58.4 Å². The molecule has 0 unspecified atom stereocenters. The van der Waals surface area contributed by atoms with Crippen LogP contribution in [0.5, 0.6) is 11.5 Å². The van der Waals surface area contributed by atoms with E-state index in [1.54, 1.807) is 0 Å². The van der Waals surface area contributed by atoms with E-state index in [4.69, 9.17) is 9.47 Å². The van der Waals surface area contributed by atoms with Crippen LogP contribution in [0.4, 0.5) is 0 Å². The largest absolute Gasteiger partial charge is 0.490 e. The summed E-state index contributed by atoms with van der Waals surface area (Å²) >= 11 is 0. The van der Waals surface area contributed by atoms with Gasteiger partial charge < -0.3 is 9.47 Å². The van der Waals surface area contributed by atoms with Crippen molar-refractivity contribution in [1.82, 2.24) is 9.88 Å². The Kier molecular flexibility index (Phi) is 6.54. The number of hydrogen-bond donors (Lipinski definition) is 0. The van der Waals surface area contributed by atoms with Crippen molar-refractivity contribution in [2.24, 2.45) is 0 Å². The molecule has 2 heterocycles. The summed E-state index contributed by atoms with van der Waals surface area (Å²) < 4.78 is 12.6. The molecule has 33 heavy (non-hydrogen) atoms. The van der Waals surface area contributed by atoms with Crippen LogP contribution in [0, 0.1) is 6.92 Å². The molecule has 1 aliphatic heterocycles. The standard InChI is InChI=1S/C29H30N2O2/c1-22-19-29(26-12-6-7-13-27(26)30-22)33-25-15-17-31(18-16-25)20-24-11-5-8-14-28(24)32-21-23-9-3-2-4-10-23/h2-14,19,25H,15-18,20-21H2,1H3. The molecule has 4 aromatic rings. The third kappa shape index (κ3) is 5.35. The number of fused-ring (bicyclic) bond motifs is 1. The smallest absolute Gasteiger partial charge is 0.130 e. The molecule has 0 atom stereocenters. The number of piperidine rings is 1. The van der Waals surface area contributed by atoms with Gasteiger partial charge in [0.25, 0.3) is 0 Å². The normalized spacial score (nSPS) is 14.9. The van der Waals surface area contributed by atoms with Gasteiger partial charge >= 0.3 is 0 Å². The molecular formula is C29H30N2O2. The van der Waals surface area contributed by atoms with Gasteiger partial charge in [-0.2, -0.15) is 0 Å². The van der Waals surface area contributed by atoms with E-state index in [-0.39, 0.29) is 6.10 Å². The molecule has 0 saturated carbocycles. The minimum Gasteiger partial charge on any atom is -0.490 e. The molecule has 168 valence electrons. The summed E-state index contributed by atoms with van der Waals surface area (Å²) in [5, 5.41) is 1.09. The van der Waals surface area contributed by atoms with E-state index in [0.717, 1.165) is 60.6 Å². The predicted octanol–water partition coefficient (Wildman–Crippen LogP) is 6.17. The second kappa shape index (κ2) is 10.1. The molecule has 4 heteroatoms. The quantitative estimate of drug-likeness (QED) is 0.346. The van der Waals surface area contributed by atoms with E-state index < -0.39 is 0 Å². The van der Waals surface area contributed by atoms with Crippen LogP contribution >= 0.6 is 0 Å². The minimum atomic E-state index is 0.232. The lowest BCUT2D eigenvalue weighted by molar-refractivity contribution is 0.0972. The Morgan fingerprint density at radius 1 is 0.848 bits per heavy atom. The minimum absolute atomic E-state index is 0.232. The highest BCUT2D eigenvalue weighted by Gasteiger charge is 2.22. The number of aromatic nitrogens is 1. The van der Waals surface area contributed by atoms with Gasteiger partial charge in [0.05, 0.1) is 5.52 Å². The number of para-hydroxylation sites is 2. The highest BCUT2D eigenvalue weighted by molar-refractivity contribution is 5.85. The van der Waals surface area contributed by atoms with Crippen molar-refractivity contribution < 1.29 is 9.47 Å². The van der Waals surface area contributed by atoms with Gasteiger partial charge in [0.1, 0.15) is 24.2 Å². The SMILES string of the molecule is Cc1cc(OC2CCN(Cc3ccccc3OCc3ccccc3)CC2)c2ccccc2n1. The van der Waals surface area contributed by atoms with Crippen LogP contribution in [0.3, 0.4) is 0 Å². The van der Waals surface area contributed by atoms with Crippen LogP contribution in [0.1, 0.15) is 29.7 Å².